The first-order chi connectivity index (χ1) is 9.26. The Morgan fingerprint density at radius 1 is 1.45 bits per heavy atom. The van der Waals surface area contributed by atoms with Crippen LogP contribution >= 0.6 is 0 Å². The zero-order valence-corrected chi connectivity index (χ0v) is 13.4. The normalized spacial score (nSPS) is 14.8. The smallest absolute Gasteiger partial charge is 0.244 e. The highest BCUT2D eigenvalue weighted by molar-refractivity contribution is 7.89. The van der Waals surface area contributed by atoms with Crippen molar-refractivity contribution in [3.63, 3.8) is 0 Å². The van der Waals surface area contributed by atoms with Gasteiger partial charge in [-0.1, -0.05) is 0 Å². The van der Waals surface area contributed by atoms with Crippen LogP contribution < -0.4 is 15.2 Å². The molecule has 0 aromatic heterocycles. The molecule has 1 aromatic rings. The maximum Gasteiger partial charge on any atom is 0.244 e. The minimum atomic E-state index is -3.77. The van der Waals surface area contributed by atoms with Crippen LogP contribution in [-0.4, -0.2) is 37.3 Å². The van der Waals surface area contributed by atoms with Crippen LogP contribution in [0.2, 0.25) is 0 Å². The molecule has 8 heteroatoms. The van der Waals surface area contributed by atoms with Gasteiger partial charge in [0, 0.05) is 34.5 Å². The van der Waals surface area contributed by atoms with Gasteiger partial charge in [-0.05, 0) is 32.0 Å². The highest BCUT2D eigenvalue weighted by Crippen LogP contribution is 2.26. The lowest BCUT2D eigenvalue weighted by Crippen LogP contribution is -2.36. The lowest BCUT2D eigenvalue weighted by molar-refractivity contribution is 0.331. The van der Waals surface area contributed by atoms with Crippen molar-refractivity contribution in [3.8, 4) is 5.75 Å². The van der Waals surface area contributed by atoms with Crippen molar-refractivity contribution in [3.05, 3.63) is 18.2 Å². The average molecular weight is 320 g/mol. The van der Waals surface area contributed by atoms with E-state index in [1.807, 2.05) is 0 Å². The SMILES string of the molecule is CCOc1ccc(N)cc1S(=O)(=O)NC(C)CS(C)=O. The van der Waals surface area contributed by atoms with E-state index in [4.69, 9.17) is 10.5 Å². The van der Waals surface area contributed by atoms with E-state index in [0.29, 0.717) is 12.3 Å². The van der Waals surface area contributed by atoms with E-state index in [2.05, 4.69) is 4.72 Å². The van der Waals surface area contributed by atoms with E-state index in [1.165, 1.54) is 18.4 Å². The first-order valence-electron chi connectivity index (χ1n) is 6.11. The van der Waals surface area contributed by atoms with Crippen molar-refractivity contribution < 1.29 is 17.4 Å². The van der Waals surface area contributed by atoms with Crippen molar-refractivity contribution in [1.82, 2.24) is 4.72 Å². The molecular weight excluding hydrogens is 300 g/mol. The van der Waals surface area contributed by atoms with Crippen LogP contribution in [0.4, 0.5) is 5.69 Å². The number of anilines is 1. The van der Waals surface area contributed by atoms with Crippen molar-refractivity contribution >= 4 is 26.5 Å². The molecule has 2 unspecified atom stereocenters. The lowest BCUT2D eigenvalue weighted by atomic mass is 10.3. The minimum Gasteiger partial charge on any atom is -0.492 e. The van der Waals surface area contributed by atoms with Gasteiger partial charge in [-0.25, -0.2) is 13.1 Å². The average Bonchev–Trinajstić information content (AvgIpc) is 2.29. The summed E-state index contributed by atoms with van der Waals surface area (Å²) >= 11 is 0. The Bertz CT molecular complexity index is 587. The molecule has 114 valence electrons. The highest BCUT2D eigenvalue weighted by atomic mass is 32.2. The molecule has 6 nitrogen and oxygen atoms in total. The molecule has 0 spiro atoms. The highest BCUT2D eigenvalue weighted by Gasteiger charge is 2.22. The van der Waals surface area contributed by atoms with Crippen molar-refractivity contribution in [2.24, 2.45) is 0 Å². The Balaban J connectivity index is 3.08. The molecule has 0 fully saturated rings. The van der Waals surface area contributed by atoms with Gasteiger partial charge in [-0.2, -0.15) is 0 Å². The van der Waals surface area contributed by atoms with Gasteiger partial charge in [-0.3, -0.25) is 4.21 Å². The molecule has 0 aliphatic rings. The Morgan fingerprint density at radius 2 is 2.10 bits per heavy atom. The molecule has 0 aliphatic carbocycles. The summed E-state index contributed by atoms with van der Waals surface area (Å²) in [7, 11) is -4.85. The first-order valence-corrected chi connectivity index (χ1v) is 9.32. The monoisotopic (exact) mass is 320 g/mol. The number of hydrogen-bond acceptors (Lipinski definition) is 5. The van der Waals surface area contributed by atoms with E-state index in [0.717, 1.165) is 0 Å². The molecule has 0 saturated heterocycles. The van der Waals surface area contributed by atoms with Gasteiger partial charge in [0.2, 0.25) is 10.0 Å². The van der Waals surface area contributed by atoms with E-state index < -0.39 is 26.9 Å². The quantitative estimate of drug-likeness (QED) is 0.721. The topological polar surface area (TPSA) is 98.5 Å². The second-order valence-electron chi connectivity index (χ2n) is 4.40. The largest absolute Gasteiger partial charge is 0.492 e. The number of benzene rings is 1. The van der Waals surface area contributed by atoms with Crippen molar-refractivity contribution in [2.45, 2.75) is 24.8 Å². The molecule has 0 radical (unpaired) electrons. The van der Waals surface area contributed by atoms with Gasteiger partial charge >= 0.3 is 0 Å². The predicted molar refractivity (Wildman–Crippen MR) is 80.7 cm³/mol. The van der Waals surface area contributed by atoms with Crippen LogP contribution in [0.25, 0.3) is 0 Å². The Morgan fingerprint density at radius 3 is 2.65 bits per heavy atom. The Hall–Kier alpha value is -1.12. The summed E-state index contributed by atoms with van der Waals surface area (Å²) in [6.07, 6.45) is 1.52. The van der Waals surface area contributed by atoms with E-state index in [1.54, 1.807) is 19.9 Å². The lowest BCUT2D eigenvalue weighted by Gasteiger charge is -2.16. The van der Waals surface area contributed by atoms with Crippen LogP contribution in [0.1, 0.15) is 13.8 Å². The molecule has 0 amide bonds. The van der Waals surface area contributed by atoms with E-state index in [-0.39, 0.29) is 16.4 Å². The van der Waals surface area contributed by atoms with Gasteiger partial charge < -0.3 is 10.5 Å². The second kappa shape index (κ2) is 7.05. The summed E-state index contributed by atoms with van der Waals surface area (Å²) < 4.78 is 43.6. The molecule has 0 heterocycles. The van der Waals surface area contributed by atoms with Gasteiger partial charge in [0.05, 0.1) is 6.61 Å². The molecule has 1 rings (SSSR count). The zero-order chi connectivity index (χ0) is 15.3. The first kappa shape index (κ1) is 16.9. The fraction of sp³-hybridized carbons (Fsp3) is 0.500. The number of ether oxygens (including phenoxy) is 1. The van der Waals surface area contributed by atoms with E-state index in [9.17, 15) is 12.6 Å². The second-order valence-corrected chi connectivity index (χ2v) is 7.56. The molecule has 0 bridgehead atoms. The Kier molecular flexibility index (Phi) is 5.97. The number of sulfonamides is 1. The van der Waals surface area contributed by atoms with Gasteiger partial charge in [0.15, 0.2) is 0 Å². The van der Waals surface area contributed by atoms with Gasteiger partial charge in [0.1, 0.15) is 10.6 Å². The molecule has 3 N–H and O–H groups in total. The van der Waals surface area contributed by atoms with Crippen LogP contribution in [0.3, 0.4) is 0 Å². The molecular formula is C12H20N2O4S2. The molecule has 2 atom stereocenters. The predicted octanol–water partition coefficient (Wildman–Crippen LogP) is 0.713. The number of nitrogens with two attached hydrogens (primary N) is 1. The van der Waals surface area contributed by atoms with Crippen molar-refractivity contribution in [1.29, 1.82) is 0 Å². The number of hydrogen-bond donors (Lipinski definition) is 2. The van der Waals surface area contributed by atoms with Crippen LogP contribution in [0.5, 0.6) is 5.75 Å². The number of rotatable bonds is 7. The molecule has 1 aromatic carbocycles. The van der Waals surface area contributed by atoms with Crippen LogP contribution in [-0.2, 0) is 20.8 Å². The summed E-state index contributed by atoms with van der Waals surface area (Å²) in [5, 5.41) is 0. The standard InChI is InChI=1S/C12H20N2O4S2/c1-4-18-11-6-5-10(13)7-12(11)20(16,17)14-9(2)8-19(3)15/h5-7,9,14H,4,8,13H2,1-3H3. The number of nitrogens with one attached hydrogen (secondary N) is 1. The maximum absolute atomic E-state index is 12.3. The maximum atomic E-state index is 12.3. The van der Waals surface area contributed by atoms with Gasteiger partial charge in [0.25, 0.3) is 0 Å². The Labute approximate surface area is 122 Å². The third-order valence-electron chi connectivity index (χ3n) is 2.40. The summed E-state index contributed by atoms with van der Waals surface area (Å²) in [6, 6.07) is 4.01. The zero-order valence-electron chi connectivity index (χ0n) is 11.8. The fourth-order valence-electron chi connectivity index (χ4n) is 1.72. The summed E-state index contributed by atoms with van der Waals surface area (Å²) in [5.41, 5.74) is 5.97. The van der Waals surface area contributed by atoms with Crippen LogP contribution in [0.15, 0.2) is 23.1 Å². The summed E-state index contributed by atoms with van der Waals surface area (Å²) in [6.45, 7) is 3.77. The summed E-state index contributed by atoms with van der Waals surface area (Å²) in [5.74, 6) is 0.491. The van der Waals surface area contributed by atoms with Crippen molar-refractivity contribution in [2.75, 3.05) is 24.3 Å². The molecule has 0 saturated carbocycles. The third-order valence-corrected chi connectivity index (χ3v) is 4.98. The summed E-state index contributed by atoms with van der Waals surface area (Å²) in [4.78, 5) is -0.00640. The number of nitrogen functional groups attached to an aromatic ring is 1. The van der Waals surface area contributed by atoms with Gasteiger partial charge in [-0.15, -0.1) is 0 Å². The minimum absolute atomic E-state index is 0.00640. The molecule has 0 aliphatic heterocycles. The fourth-order valence-corrected chi connectivity index (χ4v) is 4.04. The van der Waals surface area contributed by atoms with E-state index >= 15 is 0 Å². The third kappa shape index (κ3) is 4.77. The molecule has 20 heavy (non-hydrogen) atoms. The van der Waals surface area contributed by atoms with Crippen LogP contribution in [0, 0.1) is 0 Å².